The molecule has 4 heteroatoms. The zero-order valence-electron chi connectivity index (χ0n) is 6.37. The second-order valence-corrected chi connectivity index (χ2v) is 2.87. The van der Waals surface area contributed by atoms with Gasteiger partial charge in [-0.2, -0.15) is 0 Å². The van der Waals surface area contributed by atoms with Gasteiger partial charge >= 0.3 is 0 Å². The predicted molar refractivity (Wildman–Crippen MR) is 47.1 cm³/mol. The molecule has 0 radical (unpaired) electrons. The first-order valence-corrected chi connectivity index (χ1v) is 3.88. The molecule has 0 heterocycles. The number of halogens is 1. The van der Waals surface area contributed by atoms with E-state index in [4.69, 9.17) is 22.4 Å². The third-order valence-electron chi connectivity index (χ3n) is 1.61. The van der Waals surface area contributed by atoms with Crippen LogP contribution in [0, 0.1) is 0 Å². The molecule has 0 fully saturated rings. The molecule has 0 aliphatic rings. The lowest BCUT2D eigenvalue weighted by Crippen LogP contribution is -2.14. The molecule has 1 atom stereocenters. The number of para-hydroxylation sites is 1. The van der Waals surface area contributed by atoms with Crippen molar-refractivity contribution in [2.24, 2.45) is 5.73 Å². The van der Waals surface area contributed by atoms with Gasteiger partial charge in [-0.1, -0.05) is 23.7 Å². The Morgan fingerprint density at radius 1 is 1.50 bits per heavy atom. The first-order chi connectivity index (χ1) is 5.66. The number of phenolic OH excluding ortho intramolecular Hbond substituents is 1. The van der Waals surface area contributed by atoms with Crippen LogP contribution in [0.15, 0.2) is 18.2 Å². The minimum atomic E-state index is -0.580. The fourth-order valence-corrected chi connectivity index (χ4v) is 1.11. The molecule has 0 aliphatic heterocycles. The third kappa shape index (κ3) is 1.69. The molecular formula is C8H10ClNO2. The number of nitrogens with two attached hydrogens (primary N) is 1. The fraction of sp³-hybridized carbons (Fsp3) is 0.250. The zero-order valence-corrected chi connectivity index (χ0v) is 7.12. The van der Waals surface area contributed by atoms with Gasteiger partial charge in [-0.05, 0) is 6.07 Å². The van der Waals surface area contributed by atoms with Gasteiger partial charge in [0.1, 0.15) is 5.75 Å². The van der Waals surface area contributed by atoms with Gasteiger partial charge in [0, 0.05) is 5.56 Å². The van der Waals surface area contributed by atoms with Crippen LogP contribution in [0.4, 0.5) is 0 Å². The van der Waals surface area contributed by atoms with Crippen molar-refractivity contribution in [3.8, 4) is 5.75 Å². The van der Waals surface area contributed by atoms with Gasteiger partial charge in [0.05, 0.1) is 17.7 Å². The Morgan fingerprint density at radius 2 is 2.17 bits per heavy atom. The van der Waals surface area contributed by atoms with Crippen molar-refractivity contribution < 1.29 is 10.2 Å². The molecule has 4 N–H and O–H groups in total. The summed E-state index contributed by atoms with van der Waals surface area (Å²) in [6.45, 7) is -0.214. The maximum absolute atomic E-state index is 9.38. The highest BCUT2D eigenvalue weighted by Gasteiger charge is 2.11. The highest BCUT2D eigenvalue weighted by Crippen LogP contribution is 2.29. The number of aliphatic hydroxyl groups excluding tert-OH is 1. The van der Waals surface area contributed by atoms with E-state index in [1.54, 1.807) is 18.2 Å². The van der Waals surface area contributed by atoms with Crippen molar-refractivity contribution in [1.29, 1.82) is 0 Å². The van der Waals surface area contributed by atoms with Crippen LogP contribution in [-0.2, 0) is 0 Å². The van der Waals surface area contributed by atoms with Gasteiger partial charge in [-0.25, -0.2) is 0 Å². The van der Waals surface area contributed by atoms with Crippen LogP contribution in [0.2, 0.25) is 5.02 Å². The normalized spacial score (nSPS) is 12.9. The lowest BCUT2D eigenvalue weighted by atomic mass is 10.1. The summed E-state index contributed by atoms with van der Waals surface area (Å²) in [5, 5.41) is 18.3. The van der Waals surface area contributed by atoms with Crippen LogP contribution < -0.4 is 5.73 Å². The van der Waals surface area contributed by atoms with Crippen LogP contribution in [0.25, 0.3) is 0 Å². The number of phenols is 1. The first-order valence-electron chi connectivity index (χ1n) is 3.50. The van der Waals surface area contributed by atoms with E-state index >= 15 is 0 Å². The van der Waals surface area contributed by atoms with E-state index in [-0.39, 0.29) is 17.4 Å². The maximum atomic E-state index is 9.38. The second-order valence-electron chi connectivity index (χ2n) is 2.47. The Balaban J connectivity index is 3.07. The largest absolute Gasteiger partial charge is 0.506 e. The first kappa shape index (κ1) is 9.32. The molecule has 1 aromatic carbocycles. The zero-order chi connectivity index (χ0) is 9.14. The van der Waals surface area contributed by atoms with Crippen molar-refractivity contribution in [2.45, 2.75) is 6.04 Å². The minimum absolute atomic E-state index is 0.0549. The van der Waals surface area contributed by atoms with Crippen LogP contribution in [-0.4, -0.2) is 16.8 Å². The van der Waals surface area contributed by atoms with Crippen molar-refractivity contribution in [3.63, 3.8) is 0 Å². The number of aliphatic hydroxyl groups is 1. The minimum Gasteiger partial charge on any atom is -0.506 e. The Morgan fingerprint density at radius 3 is 2.75 bits per heavy atom. The van der Waals surface area contributed by atoms with Gasteiger partial charge in [-0.15, -0.1) is 0 Å². The fourth-order valence-electron chi connectivity index (χ4n) is 0.930. The molecule has 0 bridgehead atoms. The number of hydrogen-bond donors (Lipinski definition) is 3. The van der Waals surface area contributed by atoms with Crippen molar-refractivity contribution in [2.75, 3.05) is 6.61 Å². The van der Waals surface area contributed by atoms with Crippen molar-refractivity contribution in [3.05, 3.63) is 28.8 Å². The highest BCUT2D eigenvalue weighted by molar-refractivity contribution is 6.32. The molecule has 0 aromatic heterocycles. The molecule has 0 unspecified atom stereocenters. The molecule has 0 saturated heterocycles. The molecule has 66 valence electrons. The Kier molecular flexibility index (Phi) is 2.92. The van der Waals surface area contributed by atoms with E-state index in [9.17, 15) is 5.11 Å². The molecule has 1 rings (SSSR count). The molecule has 1 aromatic rings. The van der Waals surface area contributed by atoms with Crippen LogP contribution >= 0.6 is 11.6 Å². The standard InChI is InChI=1S/C8H10ClNO2/c9-6-3-1-2-5(8(6)12)7(10)4-11/h1-3,7,11-12H,4,10H2/t7-/m1/s1. The van der Waals surface area contributed by atoms with Crippen molar-refractivity contribution in [1.82, 2.24) is 0 Å². The SMILES string of the molecule is N[C@H](CO)c1cccc(Cl)c1O. The van der Waals surface area contributed by atoms with Gasteiger partial charge in [0.2, 0.25) is 0 Å². The molecule has 12 heavy (non-hydrogen) atoms. The third-order valence-corrected chi connectivity index (χ3v) is 1.92. The van der Waals surface area contributed by atoms with Gasteiger partial charge in [-0.3, -0.25) is 0 Å². The average Bonchev–Trinajstić information content (AvgIpc) is 2.08. The van der Waals surface area contributed by atoms with Crippen molar-refractivity contribution >= 4 is 11.6 Å². The van der Waals surface area contributed by atoms with Gasteiger partial charge < -0.3 is 15.9 Å². The second kappa shape index (κ2) is 3.76. The van der Waals surface area contributed by atoms with E-state index in [2.05, 4.69) is 0 Å². The predicted octanol–water partition coefficient (Wildman–Crippen LogP) is 1.04. The topological polar surface area (TPSA) is 66.5 Å². The molecule has 3 nitrogen and oxygen atoms in total. The summed E-state index contributed by atoms with van der Waals surface area (Å²) in [5.74, 6) is -0.0549. The molecular weight excluding hydrogens is 178 g/mol. The van der Waals surface area contributed by atoms with E-state index in [1.807, 2.05) is 0 Å². The van der Waals surface area contributed by atoms with Crippen LogP contribution in [0.5, 0.6) is 5.75 Å². The molecule has 0 spiro atoms. The van der Waals surface area contributed by atoms with Gasteiger partial charge in [0.25, 0.3) is 0 Å². The maximum Gasteiger partial charge on any atom is 0.139 e. The summed E-state index contributed by atoms with van der Waals surface area (Å²) < 4.78 is 0. The summed E-state index contributed by atoms with van der Waals surface area (Å²) in [7, 11) is 0. The average molecular weight is 188 g/mol. The van der Waals surface area contributed by atoms with E-state index in [1.165, 1.54) is 0 Å². The highest BCUT2D eigenvalue weighted by atomic mass is 35.5. The molecule has 0 aliphatic carbocycles. The van der Waals surface area contributed by atoms with E-state index < -0.39 is 6.04 Å². The smallest absolute Gasteiger partial charge is 0.139 e. The Hall–Kier alpha value is -0.770. The summed E-state index contributed by atoms with van der Waals surface area (Å²) in [6, 6.07) is 4.28. The number of rotatable bonds is 2. The summed E-state index contributed by atoms with van der Waals surface area (Å²) in [5.41, 5.74) is 5.96. The van der Waals surface area contributed by atoms with E-state index in [0.717, 1.165) is 0 Å². The monoisotopic (exact) mass is 187 g/mol. The van der Waals surface area contributed by atoms with E-state index in [0.29, 0.717) is 5.56 Å². The Bertz CT molecular complexity index is 278. The number of benzene rings is 1. The molecule has 0 saturated carbocycles. The Labute approximate surface area is 75.4 Å². The number of hydrogen-bond acceptors (Lipinski definition) is 3. The summed E-state index contributed by atoms with van der Waals surface area (Å²) in [4.78, 5) is 0. The quantitative estimate of drug-likeness (QED) is 0.648. The molecule has 0 amide bonds. The number of aromatic hydroxyl groups is 1. The van der Waals surface area contributed by atoms with Gasteiger partial charge in [0.15, 0.2) is 0 Å². The van der Waals surface area contributed by atoms with Crippen LogP contribution in [0.3, 0.4) is 0 Å². The summed E-state index contributed by atoms with van der Waals surface area (Å²) >= 11 is 5.63. The van der Waals surface area contributed by atoms with Crippen LogP contribution in [0.1, 0.15) is 11.6 Å². The summed E-state index contributed by atoms with van der Waals surface area (Å²) in [6.07, 6.45) is 0. The lowest BCUT2D eigenvalue weighted by molar-refractivity contribution is 0.265. The lowest BCUT2D eigenvalue weighted by Gasteiger charge is -2.10.